The summed E-state index contributed by atoms with van der Waals surface area (Å²) < 4.78 is 10.8. The minimum Gasteiger partial charge on any atom is -0.496 e. The lowest BCUT2D eigenvalue weighted by molar-refractivity contribution is 0.389. The Labute approximate surface area is 120 Å². The maximum Gasteiger partial charge on any atom is 0.132 e. The number of methoxy groups -OCH3 is 2. The number of hydrogen-bond acceptors (Lipinski definition) is 4. The molecule has 0 fully saturated rings. The number of ether oxygens (including phenoxy) is 2. The van der Waals surface area contributed by atoms with Gasteiger partial charge in [0.15, 0.2) is 0 Å². The van der Waals surface area contributed by atoms with Crippen molar-refractivity contribution in [3.05, 3.63) is 17.7 Å². The van der Waals surface area contributed by atoms with E-state index in [0.717, 1.165) is 34.1 Å². The highest BCUT2D eigenvalue weighted by Gasteiger charge is 2.12. The average Bonchev–Trinajstić information content (AvgIpc) is 2.30. The van der Waals surface area contributed by atoms with Crippen LogP contribution in [0.1, 0.15) is 19.4 Å². The van der Waals surface area contributed by atoms with Gasteiger partial charge in [0, 0.05) is 6.04 Å². The van der Waals surface area contributed by atoms with E-state index in [1.54, 1.807) is 26.0 Å². The molecule has 0 bridgehead atoms. The first kappa shape index (κ1) is 17.4. The Morgan fingerprint density at radius 1 is 1.22 bits per heavy atom. The highest BCUT2D eigenvalue weighted by Crippen LogP contribution is 2.35. The van der Waals surface area contributed by atoms with Gasteiger partial charge in [-0.3, -0.25) is 0 Å². The second-order valence-corrected chi connectivity index (χ2v) is 5.24. The molecule has 0 aromatic heterocycles. The van der Waals surface area contributed by atoms with Crippen molar-refractivity contribution < 1.29 is 9.47 Å². The van der Waals surface area contributed by atoms with Gasteiger partial charge in [0.2, 0.25) is 0 Å². The van der Waals surface area contributed by atoms with Crippen LogP contribution in [0, 0.1) is 0 Å². The maximum absolute atomic E-state index is 5.83. The molecule has 0 spiro atoms. The van der Waals surface area contributed by atoms with E-state index in [4.69, 9.17) is 15.2 Å². The van der Waals surface area contributed by atoms with Crippen LogP contribution < -0.4 is 15.2 Å². The van der Waals surface area contributed by atoms with Crippen molar-refractivity contribution in [3.63, 3.8) is 0 Å². The summed E-state index contributed by atoms with van der Waals surface area (Å²) in [5, 5.41) is 0. The predicted molar refractivity (Wildman–Crippen MR) is 80.5 cm³/mol. The molecule has 0 radical (unpaired) electrons. The topological polar surface area (TPSA) is 44.5 Å². The largest absolute Gasteiger partial charge is 0.496 e. The fraction of sp³-hybridized carbons (Fsp3) is 0.538. The van der Waals surface area contributed by atoms with Crippen LogP contribution in [-0.4, -0.2) is 26.0 Å². The zero-order valence-electron chi connectivity index (χ0n) is 11.4. The summed E-state index contributed by atoms with van der Waals surface area (Å²) in [5.74, 6) is 2.79. The van der Waals surface area contributed by atoms with Crippen molar-refractivity contribution >= 4 is 24.2 Å². The molecule has 104 valence electrons. The molecule has 0 aliphatic carbocycles. The van der Waals surface area contributed by atoms with Crippen LogP contribution in [0.5, 0.6) is 11.5 Å². The van der Waals surface area contributed by atoms with E-state index in [1.165, 1.54) is 0 Å². The molecular weight excluding hydrogens is 270 g/mol. The fourth-order valence-electron chi connectivity index (χ4n) is 1.71. The number of hydrogen-bond donors (Lipinski definition) is 1. The zero-order valence-corrected chi connectivity index (χ0v) is 13.0. The summed E-state index contributed by atoms with van der Waals surface area (Å²) in [6.07, 6.45) is 0.788. The van der Waals surface area contributed by atoms with Crippen LogP contribution in [0.25, 0.3) is 0 Å². The standard InChI is InChI=1S/C13H21NO2S.ClH/c1-5-17-13-8-11(15-3)10(6-9(2)14)7-12(13)16-4;/h7-9H,5-6,14H2,1-4H3;1H. The first-order valence-electron chi connectivity index (χ1n) is 5.75. The van der Waals surface area contributed by atoms with Crippen molar-refractivity contribution in [2.75, 3.05) is 20.0 Å². The number of rotatable bonds is 6. The molecule has 3 nitrogen and oxygen atoms in total. The minimum absolute atomic E-state index is 0. The Hall–Kier alpha value is -0.580. The number of thioether (sulfide) groups is 1. The minimum atomic E-state index is 0. The van der Waals surface area contributed by atoms with E-state index in [-0.39, 0.29) is 18.4 Å². The van der Waals surface area contributed by atoms with Gasteiger partial charge in [0.1, 0.15) is 11.5 Å². The van der Waals surface area contributed by atoms with Gasteiger partial charge in [0.25, 0.3) is 0 Å². The Kier molecular flexibility index (Phi) is 8.24. The van der Waals surface area contributed by atoms with Gasteiger partial charge in [-0.15, -0.1) is 24.2 Å². The number of halogens is 1. The van der Waals surface area contributed by atoms with E-state index in [0.29, 0.717) is 0 Å². The van der Waals surface area contributed by atoms with Crippen LogP contribution in [0.3, 0.4) is 0 Å². The summed E-state index contributed by atoms with van der Waals surface area (Å²) in [4.78, 5) is 1.11. The van der Waals surface area contributed by atoms with E-state index in [2.05, 4.69) is 6.92 Å². The Balaban J connectivity index is 0.00000289. The third-order valence-electron chi connectivity index (χ3n) is 2.41. The smallest absolute Gasteiger partial charge is 0.132 e. The molecule has 1 rings (SSSR count). The molecule has 0 aliphatic heterocycles. The molecule has 2 N–H and O–H groups in total. The molecule has 1 aromatic carbocycles. The molecule has 0 heterocycles. The molecule has 18 heavy (non-hydrogen) atoms. The molecule has 0 aliphatic rings. The molecule has 1 unspecified atom stereocenters. The van der Waals surface area contributed by atoms with Gasteiger partial charge in [0.05, 0.1) is 19.1 Å². The molecular formula is C13H22ClNO2S. The van der Waals surface area contributed by atoms with Crippen molar-refractivity contribution in [1.29, 1.82) is 0 Å². The van der Waals surface area contributed by atoms with E-state index in [9.17, 15) is 0 Å². The van der Waals surface area contributed by atoms with Gasteiger partial charge in [-0.25, -0.2) is 0 Å². The van der Waals surface area contributed by atoms with Crippen molar-refractivity contribution in [2.24, 2.45) is 5.73 Å². The third-order valence-corrected chi connectivity index (χ3v) is 3.33. The van der Waals surface area contributed by atoms with Crippen molar-refractivity contribution in [2.45, 2.75) is 31.2 Å². The highest BCUT2D eigenvalue weighted by molar-refractivity contribution is 7.99. The second kappa shape index (κ2) is 8.51. The molecule has 1 aromatic rings. The quantitative estimate of drug-likeness (QED) is 0.818. The maximum atomic E-state index is 5.83. The van der Waals surface area contributed by atoms with Crippen LogP contribution >= 0.6 is 24.2 Å². The zero-order chi connectivity index (χ0) is 12.8. The summed E-state index contributed by atoms with van der Waals surface area (Å²) >= 11 is 1.75. The summed E-state index contributed by atoms with van der Waals surface area (Å²) in [6, 6.07) is 4.17. The first-order chi connectivity index (χ1) is 8.12. The summed E-state index contributed by atoms with van der Waals surface area (Å²) in [5.41, 5.74) is 6.93. The van der Waals surface area contributed by atoms with Crippen LogP contribution in [-0.2, 0) is 6.42 Å². The van der Waals surface area contributed by atoms with Gasteiger partial charge < -0.3 is 15.2 Å². The lowest BCUT2D eigenvalue weighted by atomic mass is 10.1. The number of benzene rings is 1. The molecule has 5 heteroatoms. The molecule has 0 saturated carbocycles. The SMILES string of the molecule is CCSc1cc(OC)c(CC(C)N)cc1OC.Cl. The third kappa shape index (κ3) is 4.59. The van der Waals surface area contributed by atoms with Crippen LogP contribution in [0.4, 0.5) is 0 Å². The Morgan fingerprint density at radius 2 is 1.83 bits per heavy atom. The normalized spacial score (nSPS) is 11.6. The lowest BCUT2D eigenvalue weighted by Crippen LogP contribution is -2.18. The van der Waals surface area contributed by atoms with Crippen LogP contribution in [0.2, 0.25) is 0 Å². The summed E-state index contributed by atoms with van der Waals surface area (Å²) in [7, 11) is 3.38. The van der Waals surface area contributed by atoms with E-state index in [1.807, 2.05) is 19.1 Å². The van der Waals surface area contributed by atoms with E-state index < -0.39 is 0 Å². The van der Waals surface area contributed by atoms with Crippen LogP contribution in [0.15, 0.2) is 17.0 Å². The average molecular weight is 292 g/mol. The Morgan fingerprint density at radius 3 is 2.28 bits per heavy atom. The lowest BCUT2D eigenvalue weighted by Gasteiger charge is -2.15. The second-order valence-electron chi connectivity index (χ2n) is 3.93. The fourth-order valence-corrected chi connectivity index (χ4v) is 2.49. The Bertz CT molecular complexity index is 372. The van der Waals surface area contributed by atoms with Crippen molar-refractivity contribution in [1.82, 2.24) is 0 Å². The molecule has 1 atom stereocenters. The van der Waals surface area contributed by atoms with Gasteiger partial charge >= 0.3 is 0 Å². The summed E-state index contributed by atoms with van der Waals surface area (Å²) in [6.45, 7) is 4.10. The van der Waals surface area contributed by atoms with Gasteiger partial charge in [-0.1, -0.05) is 6.92 Å². The number of nitrogens with two attached hydrogens (primary N) is 1. The van der Waals surface area contributed by atoms with Crippen molar-refractivity contribution in [3.8, 4) is 11.5 Å². The van der Waals surface area contributed by atoms with Gasteiger partial charge in [-0.2, -0.15) is 0 Å². The molecule has 0 amide bonds. The van der Waals surface area contributed by atoms with Gasteiger partial charge in [-0.05, 0) is 36.8 Å². The highest BCUT2D eigenvalue weighted by atomic mass is 35.5. The predicted octanol–water partition coefficient (Wildman–Crippen LogP) is 3.13. The monoisotopic (exact) mass is 291 g/mol. The molecule has 0 saturated heterocycles. The first-order valence-corrected chi connectivity index (χ1v) is 6.74. The van der Waals surface area contributed by atoms with E-state index >= 15 is 0 Å².